The van der Waals surface area contributed by atoms with Crippen LogP contribution in [0.25, 0.3) is 0 Å². The monoisotopic (exact) mass is 217 g/mol. The van der Waals surface area contributed by atoms with E-state index < -0.39 is 0 Å². The van der Waals surface area contributed by atoms with Gasteiger partial charge in [0.15, 0.2) is 0 Å². The summed E-state index contributed by atoms with van der Waals surface area (Å²) in [5, 5.41) is 0. The highest BCUT2D eigenvalue weighted by Gasteiger charge is 2.09. The van der Waals surface area contributed by atoms with Crippen LogP contribution in [0.3, 0.4) is 0 Å². The highest BCUT2D eigenvalue weighted by atomic mass is 79.9. The molecule has 0 aliphatic carbocycles. The largest absolute Gasteiger partial charge is 0.369 e. The number of imidazole rings is 1. The number of halogens is 1. The van der Waals surface area contributed by atoms with Gasteiger partial charge in [0.05, 0.1) is 6.20 Å². The molecule has 0 saturated heterocycles. The third-order valence-electron chi connectivity index (χ3n) is 1.81. The number of aromatic nitrogens is 2. The van der Waals surface area contributed by atoms with Gasteiger partial charge in [-0.25, -0.2) is 4.98 Å². The zero-order chi connectivity index (χ0) is 8.43. The van der Waals surface area contributed by atoms with Crippen LogP contribution in [-0.2, 0) is 0 Å². The number of hydrogen-bond acceptors (Lipinski definition) is 2. The van der Waals surface area contributed by atoms with Gasteiger partial charge in [-0.1, -0.05) is 6.92 Å². The van der Waals surface area contributed by atoms with Crippen LogP contribution in [0.5, 0.6) is 0 Å². The predicted octanol–water partition coefficient (Wildman–Crippen LogP) is 2.20. The van der Waals surface area contributed by atoms with Crippen LogP contribution in [-0.4, -0.2) is 9.55 Å². The van der Waals surface area contributed by atoms with Gasteiger partial charge in [-0.15, -0.1) is 0 Å². The van der Waals surface area contributed by atoms with Crippen molar-refractivity contribution in [2.24, 2.45) is 0 Å². The van der Waals surface area contributed by atoms with E-state index >= 15 is 0 Å². The third kappa shape index (κ3) is 1.56. The molecule has 11 heavy (non-hydrogen) atoms. The summed E-state index contributed by atoms with van der Waals surface area (Å²) in [7, 11) is 0. The lowest BCUT2D eigenvalue weighted by molar-refractivity contribution is 0.529. The van der Waals surface area contributed by atoms with Crippen LogP contribution >= 0.6 is 15.9 Å². The summed E-state index contributed by atoms with van der Waals surface area (Å²) < 4.78 is 2.92. The van der Waals surface area contributed by atoms with Gasteiger partial charge in [-0.2, -0.15) is 0 Å². The molecule has 4 heteroatoms. The van der Waals surface area contributed by atoms with E-state index in [0.717, 1.165) is 11.0 Å². The molecule has 0 fully saturated rings. The zero-order valence-electron chi connectivity index (χ0n) is 6.71. The van der Waals surface area contributed by atoms with Crippen molar-refractivity contribution in [3.05, 3.63) is 10.8 Å². The van der Waals surface area contributed by atoms with Crippen LogP contribution < -0.4 is 5.73 Å². The van der Waals surface area contributed by atoms with Crippen LogP contribution in [0.2, 0.25) is 0 Å². The van der Waals surface area contributed by atoms with Gasteiger partial charge in [-0.3, -0.25) is 0 Å². The molecule has 0 spiro atoms. The summed E-state index contributed by atoms with van der Waals surface area (Å²) in [4.78, 5) is 3.98. The minimum atomic E-state index is 0.409. The number of rotatable bonds is 2. The smallest absolute Gasteiger partial charge is 0.201 e. The standard InChI is InChI=1S/C7H12BrN3/c1-3-5(2)11-6(8)4-10-7(11)9/h4-5H,3H2,1-2H3,(H2,9,10). The van der Waals surface area contributed by atoms with Gasteiger partial charge in [-0.05, 0) is 29.3 Å². The molecule has 2 N–H and O–H groups in total. The lowest BCUT2D eigenvalue weighted by atomic mass is 10.3. The molecule has 1 unspecified atom stereocenters. The summed E-state index contributed by atoms with van der Waals surface area (Å²) in [5.74, 6) is 0.575. The average molecular weight is 218 g/mol. The van der Waals surface area contributed by atoms with E-state index in [-0.39, 0.29) is 0 Å². The zero-order valence-corrected chi connectivity index (χ0v) is 8.30. The maximum atomic E-state index is 5.64. The molecule has 0 aliphatic rings. The molecule has 0 aromatic carbocycles. The van der Waals surface area contributed by atoms with E-state index in [2.05, 4.69) is 34.8 Å². The molecule has 0 aliphatic heterocycles. The van der Waals surface area contributed by atoms with Crippen molar-refractivity contribution in [3.63, 3.8) is 0 Å². The van der Waals surface area contributed by atoms with Gasteiger partial charge < -0.3 is 10.3 Å². The normalized spacial score (nSPS) is 13.4. The number of hydrogen-bond donors (Lipinski definition) is 1. The number of anilines is 1. The van der Waals surface area contributed by atoms with E-state index in [1.165, 1.54) is 0 Å². The summed E-state index contributed by atoms with van der Waals surface area (Å²) in [6, 6.07) is 0.409. The summed E-state index contributed by atoms with van der Waals surface area (Å²) in [6.07, 6.45) is 2.78. The average Bonchev–Trinajstić information content (AvgIpc) is 2.30. The molecule has 0 radical (unpaired) electrons. The predicted molar refractivity (Wildman–Crippen MR) is 49.3 cm³/mol. The van der Waals surface area contributed by atoms with Gasteiger partial charge >= 0.3 is 0 Å². The van der Waals surface area contributed by atoms with Crippen LogP contribution in [0, 0.1) is 0 Å². The third-order valence-corrected chi connectivity index (χ3v) is 2.40. The molecule has 3 nitrogen and oxygen atoms in total. The first-order chi connectivity index (χ1) is 5.16. The van der Waals surface area contributed by atoms with Crippen molar-refractivity contribution in [1.82, 2.24) is 9.55 Å². The van der Waals surface area contributed by atoms with Crippen LogP contribution in [0.1, 0.15) is 26.3 Å². The lowest BCUT2D eigenvalue weighted by Gasteiger charge is -2.12. The number of nitrogens with two attached hydrogens (primary N) is 1. The first-order valence-corrected chi connectivity index (χ1v) is 4.44. The maximum Gasteiger partial charge on any atom is 0.201 e. The minimum absolute atomic E-state index is 0.409. The Morgan fingerprint density at radius 1 is 1.82 bits per heavy atom. The topological polar surface area (TPSA) is 43.8 Å². The molecule has 0 saturated carbocycles. The number of nitrogens with zero attached hydrogens (tertiary/aromatic N) is 2. The Morgan fingerprint density at radius 2 is 2.45 bits per heavy atom. The fourth-order valence-corrected chi connectivity index (χ4v) is 1.61. The van der Waals surface area contributed by atoms with Gasteiger partial charge in [0.25, 0.3) is 0 Å². The van der Waals surface area contributed by atoms with Crippen LogP contribution in [0.4, 0.5) is 5.95 Å². The molecule has 1 aromatic rings. The molecule has 1 rings (SSSR count). The molecule has 0 bridgehead atoms. The van der Waals surface area contributed by atoms with Crippen molar-refractivity contribution >= 4 is 21.9 Å². The molecular weight excluding hydrogens is 206 g/mol. The molecule has 1 heterocycles. The maximum absolute atomic E-state index is 5.64. The Labute approximate surface area is 74.7 Å². The Balaban J connectivity index is 3.00. The second-order valence-electron chi connectivity index (χ2n) is 2.57. The van der Waals surface area contributed by atoms with Gasteiger partial charge in [0.2, 0.25) is 5.95 Å². The first kappa shape index (κ1) is 8.59. The molecule has 0 amide bonds. The fraction of sp³-hybridized carbons (Fsp3) is 0.571. The quantitative estimate of drug-likeness (QED) is 0.826. The SMILES string of the molecule is CCC(C)n1c(Br)cnc1N. The fourth-order valence-electron chi connectivity index (χ4n) is 0.972. The summed E-state index contributed by atoms with van der Waals surface area (Å²) in [6.45, 7) is 4.24. The molecule has 62 valence electrons. The summed E-state index contributed by atoms with van der Waals surface area (Å²) in [5.41, 5.74) is 5.64. The number of nitrogen functional groups attached to an aromatic ring is 1. The minimum Gasteiger partial charge on any atom is -0.369 e. The first-order valence-electron chi connectivity index (χ1n) is 3.65. The Morgan fingerprint density at radius 3 is 2.82 bits per heavy atom. The summed E-state index contributed by atoms with van der Waals surface area (Å²) >= 11 is 3.38. The van der Waals surface area contributed by atoms with E-state index in [1.807, 2.05) is 4.57 Å². The van der Waals surface area contributed by atoms with Gasteiger partial charge in [0, 0.05) is 6.04 Å². The Hall–Kier alpha value is -0.510. The highest BCUT2D eigenvalue weighted by Crippen LogP contribution is 2.21. The van der Waals surface area contributed by atoms with E-state index in [0.29, 0.717) is 12.0 Å². The van der Waals surface area contributed by atoms with Crippen molar-refractivity contribution in [1.29, 1.82) is 0 Å². The Kier molecular flexibility index (Phi) is 2.54. The second-order valence-corrected chi connectivity index (χ2v) is 3.38. The van der Waals surface area contributed by atoms with E-state index in [1.54, 1.807) is 6.20 Å². The molecule has 1 atom stereocenters. The second kappa shape index (κ2) is 3.26. The van der Waals surface area contributed by atoms with Crippen molar-refractivity contribution < 1.29 is 0 Å². The highest BCUT2D eigenvalue weighted by molar-refractivity contribution is 9.10. The Bertz CT molecular complexity index is 224. The van der Waals surface area contributed by atoms with E-state index in [4.69, 9.17) is 5.73 Å². The van der Waals surface area contributed by atoms with Gasteiger partial charge in [0.1, 0.15) is 4.60 Å². The van der Waals surface area contributed by atoms with E-state index in [9.17, 15) is 0 Å². The van der Waals surface area contributed by atoms with Crippen molar-refractivity contribution in [3.8, 4) is 0 Å². The van der Waals surface area contributed by atoms with Crippen molar-refractivity contribution in [2.75, 3.05) is 5.73 Å². The molecular formula is C7H12BrN3. The van der Waals surface area contributed by atoms with Crippen molar-refractivity contribution in [2.45, 2.75) is 26.3 Å². The lowest BCUT2D eigenvalue weighted by Crippen LogP contribution is -2.07. The van der Waals surface area contributed by atoms with Crippen LogP contribution in [0.15, 0.2) is 10.8 Å². The molecule has 1 aromatic heterocycles.